The fourth-order valence-corrected chi connectivity index (χ4v) is 3.18. The van der Waals surface area contributed by atoms with Crippen LogP contribution in [0.5, 0.6) is 0 Å². The third kappa shape index (κ3) is 5.51. The highest BCUT2D eigenvalue weighted by atomic mass is 16.6. The first-order valence-corrected chi connectivity index (χ1v) is 10.2. The van der Waals surface area contributed by atoms with Crippen LogP contribution in [-0.2, 0) is 9.53 Å². The average molecular weight is 432 g/mol. The maximum Gasteiger partial charge on any atom is 0.410 e. The van der Waals surface area contributed by atoms with Crippen LogP contribution in [0.2, 0.25) is 0 Å². The van der Waals surface area contributed by atoms with Crippen molar-refractivity contribution in [1.82, 2.24) is 14.9 Å². The summed E-state index contributed by atoms with van der Waals surface area (Å²) in [6.07, 6.45) is -0.464. The Bertz CT molecular complexity index is 1120. The van der Waals surface area contributed by atoms with Gasteiger partial charge in [-0.05, 0) is 50.2 Å². The van der Waals surface area contributed by atoms with Crippen LogP contribution in [0, 0.1) is 13.8 Å². The summed E-state index contributed by atoms with van der Waals surface area (Å²) in [7, 11) is 0. The van der Waals surface area contributed by atoms with Crippen LogP contribution in [0.1, 0.15) is 11.3 Å². The molecular formula is C23H24N6O3. The molecular weight excluding hydrogens is 408 g/mol. The van der Waals surface area contributed by atoms with Crippen LogP contribution < -0.4 is 16.0 Å². The van der Waals surface area contributed by atoms with Gasteiger partial charge in [0, 0.05) is 28.8 Å². The molecule has 3 N–H and O–H groups in total. The van der Waals surface area contributed by atoms with E-state index in [-0.39, 0.29) is 12.5 Å². The molecule has 3 aromatic rings. The van der Waals surface area contributed by atoms with Crippen molar-refractivity contribution in [2.45, 2.75) is 13.8 Å². The monoisotopic (exact) mass is 432 g/mol. The lowest BCUT2D eigenvalue weighted by molar-refractivity contribution is -0.116. The van der Waals surface area contributed by atoms with E-state index in [9.17, 15) is 9.59 Å². The number of amides is 2. The summed E-state index contributed by atoms with van der Waals surface area (Å²) in [6, 6.07) is 17.1. The molecule has 0 aliphatic carbocycles. The summed E-state index contributed by atoms with van der Waals surface area (Å²) in [6.45, 7) is 4.65. The molecule has 1 aromatic heterocycles. The first-order valence-electron chi connectivity index (χ1n) is 10.2. The fourth-order valence-electron chi connectivity index (χ4n) is 3.18. The van der Waals surface area contributed by atoms with Gasteiger partial charge in [-0.15, -0.1) is 0 Å². The third-order valence-corrected chi connectivity index (χ3v) is 4.78. The molecule has 2 aromatic carbocycles. The highest BCUT2D eigenvalue weighted by Gasteiger charge is 2.24. The fraction of sp³-hybridized carbons (Fsp3) is 0.217. The Morgan fingerprint density at radius 2 is 1.62 bits per heavy atom. The second-order valence-corrected chi connectivity index (χ2v) is 7.50. The molecule has 1 fully saturated rings. The molecule has 9 heteroatoms. The lowest BCUT2D eigenvalue weighted by Gasteiger charge is -2.13. The zero-order valence-corrected chi connectivity index (χ0v) is 17.9. The normalized spacial score (nSPS) is 12.9. The number of rotatable bonds is 7. The lowest BCUT2D eigenvalue weighted by atomic mass is 10.2. The van der Waals surface area contributed by atoms with E-state index in [0.717, 1.165) is 17.1 Å². The molecule has 1 saturated heterocycles. The molecule has 0 radical (unpaired) electrons. The van der Waals surface area contributed by atoms with E-state index in [2.05, 4.69) is 25.9 Å². The third-order valence-electron chi connectivity index (χ3n) is 4.78. The van der Waals surface area contributed by atoms with Gasteiger partial charge in [0.1, 0.15) is 19.0 Å². The van der Waals surface area contributed by atoms with E-state index in [4.69, 9.17) is 4.74 Å². The molecule has 1 aliphatic rings. The minimum Gasteiger partial charge on any atom is -0.448 e. The number of anilines is 5. The SMILES string of the molecule is Cc1ccc(Nc2cc(C)nc(Nc3ccc(NC(=O)CN4CCOC4=O)cc3)n2)cc1. The maximum absolute atomic E-state index is 12.1. The van der Waals surface area contributed by atoms with Crippen LogP contribution in [0.15, 0.2) is 54.6 Å². The Labute approximate surface area is 185 Å². The van der Waals surface area contributed by atoms with Crippen LogP contribution in [-0.4, -0.2) is 46.6 Å². The minimum absolute atomic E-state index is 0.0350. The van der Waals surface area contributed by atoms with Gasteiger partial charge in [0.05, 0.1) is 6.54 Å². The second kappa shape index (κ2) is 9.34. The van der Waals surface area contributed by atoms with Crippen molar-refractivity contribution in [3.05, 3.63) is 65.9 Å². The molecule has 0 bridgehead atoms. The quantitative estimate of drug-likeness (QED) is 0.518. The van der Waals surface area contributed by atoms with Gasteiger partial charge in [0.2, 0.25) is 11.9 Å². The molecule has 164 valence electrons. The van der Waals surface area contributed by atoms with Crippen molar-refractivity contribution in [1.29, 1.82) is 0 Å². The number of aromatic nitrogens is 2. The van der Waals surface area contributed by atoms with E-state index in [0.29, 0.717) is 30.6 Å². The summed E-state index contributed by atoms with van der Waals surface area (Å²) >= 11 is 0. The van der Waals surface area contributed by atoms with Crippen LogP contribution >= 0.6 is 0 Å². The number of nitrogens with one attached hydrogen (secondary N) is 3. The highest BCUT2D eigenvalue weighted by molar-refractivity contribution is 5.94. The first-order chi connectivity index (χ1) is 15.4. The van der Waals surface area contributed by atoms with Crippen molar-refractivity contribution in [2.75, 3.05) is 35.6 Å². The van der Waals surface area contributed by atoms with Crippen LogP contribution in [0.25, 0.3) is 0 Å². The summed E-state index contributed by atoms with van der Waals surface area (Å²) in [5.74, 6) is 0.871. The average Bonchev–Trinajstić information content (AvgIpc) is 3.15. The number of ether oxygens (including phenoxy) is 1. The van der Waals surface area contributed by atoms with Crippen molar-refractivity contribution in [3.63, 3.8) is 0 Å². The Balaban J connectivity index is 1.37. The largest absolute Gasteiger partial charge is 0.448 e. The molecule has 9 nitrogen and oxygen atoms in total. The van der Waals surface area contributed by atoms with Gasteiger partial charge in [-0.25, -0.2) is 9.78 Å². The number of hydrogen-bond donors (Lipinski definition) is 3. The molecule has 0 spiro atoms. The maximum atomic E-state index is 12.1. The standard InChI is InChI=1S/C23H24N6O3/c1-15-3-5-17(6-4-15)25-20-13-16(2)24-22(28-20)27-19-9-7-18(8-10-19)26-21(30)14-29-11-12-32-23(29)31/h3-10,13H,11-12,14H2,1-2H3,(H,26,30)(H2,24,25,27,28). The molecule has 1 aliphatic heterocycles. The molecule has 2 amide bonds. The molecule has 2 heterocycles. The Kier molecular flexibility index (Phi) is 6.16. The summed E-state index contributed by atoms with van der Waals surface area (Å²) < 4.78 is 4.83. The number of hydrogen-bond acceptors (Lipinski definition) is 7. The van der Waals surface area contributed by atoms with Crippen molar-refractivity contribution in [2.24, 2.45) is 0 Å². The van der Waals surface area contributed by atoms with Crippen LogP contribution in [0.4, 0.5) is 33.6 Å². The number of aryl methyl sites for hydroxylation is 2. The number of cyclic esters (lactones) is 1. The van der Waals surface area contributed by atoms with Gasteiger partial charge in [-0.3, -0.25) is 9.69 Å². The summed E-state index contributed by atoms with van der Waals surface area (Å²) in [4.78, 5) is 33.9. The van der Waals surface area contributed by atoms with E-state index in [1.165, 1.54) is 10.5 Å². The summed E-state index contributed by atoms with van der Waals surface area (Å²) in [5.41, 5.74) is 4.36. The predicted octanol–water partition coefficient (Wildman–Crippen LogP) is 3.97. The number of nitrogens with zero attached hydrogens (tertiary/aromatic N) is 3. The number of benzene rings is 2. The van der Waals surface area contributed by atoms with Crippen molar-refractivity contribution in [3.8, 4) is 0 Å². The Hall–Kier alpha value is -4.14. The van der Waals surface area contributed by atoms with E-state index in [1.807, 2.05) is 56.3 Å². The second-order valence-electron chi connectivity index (χ2n) is 7.50. The van der Waals surface area contributed by atoms with Gasteiger partial charge >= 0.3 is 6.09 Å². The molecule has 32 heavy (non-hydrogen) atoms. The van der Waals surface area contributed by atoms with E-state index in [1.54, 1.807) is 12.1 Å². The van der Waals surface area contributed by atoms with Gasteiger partial charge < -0.3 is 20.7 Å². The predicted molar refractivity (Wildman–Crippen MR) is 123 cm³/mol. The topological polar surface area (TPSA) is 108 Å². The van der Waals surface area contributed by atoms with E-state index < -0.39 is 6.09 Å². The highest BCUT2D eigenvalue weighted by Crippen LogP contribution is 2.21. The number of carbonyl (C=O) groups is 2. The number of carbonyl (C=O) groups excluding carboxylic acids is 2. The van der Waals surface area contributed by atoms with Crippen molar-refractivity contribution >= 4 is 40.8 Å². The lowest BCUT2D eigenvalue weighted by Crippen LogP contribution is -2.33. The Morgan fingerprint density at radius 3 is 2.31 bits per heavy atom. The molecule has 0 unspecified atom stereocenters. The summed E-state index contributed by atoms with van der Waals surface area (Å²) in [5, 5.41) is 9.24. The van der Waals surface area contributed by atoms with Gasteiger partial charge in [0.25, 0.3) is 0 Å². The first kappa shape index (κ1) is 21.1. The van der Waals surface area contributed by atoms with Crippen molar-refractivity contribution < 1.29 is 14.3 Å². The van der Waals surface area contributed by atoms with Gasteiger partial charge in [-0.2, -0.15) is 4.98 Å². The molecule has 0 atom stereocenters. The van der Waals surface area contributed by atoms with Gasteiger partial charge in [-0.1, -0.05) is 17.7 Å². The van der Waals surface area contributed by atoms with Crippen LogP contribution in [0.3, 0.4) is 0 Å². The molecule has 4 rings (SSSR count). The zero-order chi connectivity index (χ0) is 22.5. The molecule has 0 saturated carbocycles. The smallest absolute Gasteiger partial charge is 0.410 e. The minimum atomic E-state index is -0.464. The Morgan fingerprint density at radius 1 is 0.969 bits per heavy atom. The van der Waals surface area contributed by atoms with Gasteiger partial charge in [0.15, 0.2) is 0 Å². The van der Waals surface area contributed by atoms with E-state index >= 15 is 0 Å². The zero-order valence-electron chi connectivity index (χ0n) is 17.9.